The molecule has 0 spiro atoms. The number of rotatable bonds is 13. The summed E-state index contributed by atoms with van der Waals surface area (Å²) in [5.74, 6) is -3.40. The molecule has 0 atom stereocenters. The van der Waals surface area contributed by atoms with E-state index in [4.69, 9.17) is 5.73 Å². The summed E-state index contributed by atoms with van der Waals surface area (Å²) in [6.45, 7) is 0.308. The highest BCUT2D eigenvalue weighted by molar-refractivity contribution is 6.05. The molecular weight excluding hydrogens is 730 g/mol. The van der Waals surface area contributed by atoms with Gasteiger partial charge in [0.2, 0.25) is 23.5 Å². The fourth-order valence-electron chi connectivity index (χ4n) is 5.94. The summed E-state index contributed by atoms with van der Waals surface area (Å²) in [7, 11) is 8.12. The zero-order chi connectivity index (χ0) is 40.4. The Morgan fingerprint density at radius 2 is 1.25 bits per heavy atom. The fraction of sp³-hybridized carbons (Fsp3) is 0.294. The lowest BCUT2D eigenvalue weighted by Gasteiger charge is -2.38. The number of nitrogens with two attached hydrogens (primary N) is 1. The quantitative estimate of drug-likeness (QED) is 0.0905. The van der Waals surface area contributed by atoms with Crippen molar-refractivity contribution < 1.29 is 33.6 Å². The van der Waals surface area contributed by atoms with Crippen LogP contribution in [0.25, 0.3) is 0 Å². The number of imidazole rings is 3. The molecule has 6 rings (SSSR count). The second-order valence-corrected chi connectivity index (χ2v) is 13.2. The van der Waals surface area contributed by atoms with Crippen LogP contribution in [-0.2, 0) is 44.8 Å². The molecule has 0 saturated carbocycles. The molecule has 0 aromatic carbocycles. The average molecular weight is 770 g/mol. The van der Waals surface area contributed by atoms with Crippen LogP contribution in [0.1, 0.15) is 59.3 Å². The monoisotopic (exact) mass is 769 g/mol. The topological polar surface area (TPSA) is 272 Å². The molecule has 22 nitrogen and oxygen atoms in total. The van der Waals surface area contributed by atoms with Gasteiger partial charge >= 0.3 is 0 Å². The van der Waals surface area contributed by atoms with Crippen molar-refractivity contribution in [1.82, 2.24) is 48.0 Å². The Morgan fingerprint density at radius 3 is 1.86 bits per heavy atom. The van der Waals surface area contributed by atoms with Gasteiger partial charge in [0.05, 0.1) is 17.3 Å². The maximum atomic E-state index is 13.2. The first kappa shape index (κ1) is 38.2. The van der Waals surface area contributed by atoms with Crippen LogP contribution >= 0.6 is 0 Å². The summed E-state index contributed by atoms with van der Waals surface area (Å²) >= 11 is 0. The van der Waals surface area contributed by atoms with Crippen molar-refractivity contribution >= 4 is 64.4 Å². The molecule has 56 heavy (non-hydrogen) atoms. The van der Waals surface area contributed by atoms with Crippen LogP contribution in [0.2, 0.25) is 0 Å². The van der Waals surface area contributed by atoms with Gasteiger partial charge in [0.25, 0.3) is 29.5 Å². The molecule has 0 unspecified atom stereocenters. The Balaban J connectivity index is 0.953. The van der Waals surface area contributed by atoms with Gasteiger partial charge < -0.3 is 60.1 Å². The fourth-order valence-corrected chi connectivity index (χ4v) is 5.94. The third kappa shape index (κ3) is 8.17. The lowest BCUT2D eigenvalue weighted by Crippen LogP contribution is -2.54. The van der Waals surface area contributed by atoms with Crippen molar-refractivity contribution in [1.29, 1.82) is 0 Å². The van der Waals surface area contributed by atoms with Gasteiger partial charge in [-0.25, -0.2) is 15.0 Å². The van der Waals surface area contributed by atoms with Crippen molar-refractivity contribution in [2.24, 2.45) is 46.9 Å². The van der Waals surface area contributed by atoms with Crippen LogP contribution in [0.15, 0.2) is 49.3 Å². The Labute approximate surface area is 318 Å². The average Bonchev–Trinajstić information content (AvgIpc) is 3.93. The third-order valence-electron chi connectivity index (χ3n) is 8.87. The van der Waals surface area contributed by atoms with E-state index in [1.54, 1.807) is 63.0 Å². The van der Waals surface area contributed by atoms with Gasteiger partial charge in [-0.05, 0) is 12.1 Å². The van der Waals surface area contributed by atoms with Gasteiger partial charge in [-0.2, -0.15) is 0 Å². The molecule has 6 heterocycles. The predicted molar refractivity (Wildman–Crippen MR) is 198 cm³/mol. The van der Waals surface area contributed by atoms with E-state index in [-0.39, 0.29) is 78.4 Å². The summed E-state index contributed by atoms with van der Waals surface area (Å²) < 4.78 is 7.48. The largest absolute Gasteiger partial charge is 0.363 e. The number of amides is 7. The number of hydrogen-bond donors (Lipinski definition) is 6. The number of anilines is 4. The highest BCUT2D eigenvalue weighted by Crippen LogP contribution is 2.23. The zero-order valence-electron chi connectivity index (χ0n) is 31.0. The first-order chi connectivity index (χ1) is 26.6. The number of carbonyl (C=O) groups is 7. The number of aryl methyl sites for hydroxylation is 5. The smallest absolute Gasteiger partial charge is 0.291 e. The van der Waals surface area contributed by atoms with E-state index in [2.05, 4.69) is 41.5 Å². The minimum Gasteiger partial charge on any atom is -0.363 e. The second kappa shape index (κ2) is 15.5. The van der Waals surface area contributed by atoms with Crippen molar-refractivity contribution in [2.75, 3.05) is 40.9 Å². The van der Waals surface area contributed by atoms with Crippen LogP contribution in [0.3, 0.4) is 0 Å². The van der Waals surface area contributed by atoms with Crippen LogP contribution in [0.5, 0.6) is 0 Å². The highest BCUT2D eigenvalue weighted by atomic mass is 16.2. The van der Waals surface area contributed by atoms with Gasteiger partial charge in [-0.3, -0.25) is 33.6 Å². The molecule has 0 bridgehead atoms. The van der Waals surface area contributed by atoms with Crippen LogP contribution < -0.4 is 32.3 Å². The van der Waals surface area contributed by atoms with Crippen molar-refractivity contribution in [3.8, 4) is 0 Å². The SMILES string of the molecule is Cn1cc(NC(=O)c2nccn2C)cc1C(=O)NCCC(=O)Nc1cn(C)c(C(=O)Nc2cc(C(=O)N3CC(C(=O)Nc4cn(C)c(C(N)=O)n4)C3)n(C)c2)n1. The third-order valence-corrected chi connectivity index (χ3v) is 8.87. The van der Waals surface area contributed by atoms with E-state index in [0.29, 0.717) is 11.4 Å². The normalized spacial score (nSPS) is 12.5. The maximum absolute atomic E-state index is 13.2. The maximum Gasteiger partial charge on any atom is 0.291 e. The summed E-state index contributed by atoms with van der Waals surface area (Å²) in [5, 5.41) is 13.3. The van der Waals surface area contributed by atoms with Crippen molar-refractivity contribution in [3.05, 3.63) is 78.2 Å². The molecule has 0 radical (unpaired) electrons. The Kier molecular flexibility index (Phi) is 10.5. The van der Waals surface area contributed by atoms with Gasteiger partial charge in [0, 0.05) is 98.5 Å². The molecule has 5 aromatic heterocycles. The number of nitrogens with one attached hydrogen (secondary N) is 5. The molecule has 5 aromatic rings. The number of hydrogen-bond acceptors (Lipinski definition) is 10. The molecule has 22 heteroatoms. The first-order valence-corrected chi connectivity index (χ1v) is 17.0. The van der Waals surface area contributed by atoms with Crippen LogP contribution in [-0.4, -0.2) is 104 Å². The van der Waals surface area contributed by atoms with Crippen LogP contribution in [0, 0.1) is 5.92 Å². The number of primary amides is 1. The molecule has 0 aliphatic carbocycles. The van der Waals surface area contributed by atoms with Gasteiger partial charge in [-0.15, -0.1) is 0 Å². The summed E-state index contributed by atoms with van der Waals surface area (Å²) in [5.41, 5.74) is 6.52. The van der Waals surface area contributed by atoms with Gasteiger partial charge in [0.1, 0.15) is 11.4 Å². The van der Waals surface area contributed by atoms with E-state index < -0.39 is 35.5 Å². The van der Waals surface area contributed by atoms with E-state index in [0.717, 1.165) is 0 Å². The van der Waals surface area contributed by atoms with E-state index in [1.165, 1.54) is 49.3 Å². The minimum absolute atomic E-state index is 0.00430. The molecule has 1 saturated heterocycles. The molecule has 1 aliphatic heterocycles. The first-order valence-electron chi connectivity index (χ1n) is 17.0. The summed E-state index contributed by atoms with van der Waals surface area (Å²) in [4.78, 5) is 102. The summed E-state index contributed by atoms with van der Waals surface area (Å²) in [6, 6.07) is 3.01. The number of carbonyl (C=O) groups excluding carboxylic acids is 7. The van der Waals surface area contributed by atoms with Crippen LogP contribution in [0.4, 0.5) is 23.0 Å². The number of aromatic nitrogens is 8. The van der Waals surface area contributed by atoms with Gasteiger partial charge in [-0.1, -0.05) is 0 Å². The second-order valence-electron chi connectivity index (χ2n) is 13.2. The van der Waals surface area contributed by atoms with E-state index in [9.17, 15) is 33.6 Å². The Bertz CT molecular complexity index is 2390. The molecule has 1 aliphatic rings. The van der Waals surface area contributed by atoms with Crippen molar-refractivity contribution in [2.45, 2.75) is 6.42 Å². The molecule has 7 amide bonds. The van der Waals surface area contributed by atoms with Crippen molar-refractivity contribution in [3.63, 3.8) is 0 Å². The lowest BCUT2D eigenvalue weighted by molar-refractivity contribution is -0.123. The standard InChI is InChI=1S/C34H39N15O7/c1-44-9-8-36-28(44)32(54)38-19-10-21(45(2)14-19)31(53)37-7-6-25(50)40-23-16-48(5)29(42-23)33(55)39-20-11-22(46(3)15-20)34(56)49-12-18(13-49)30(52)43-24-17-47(4)27(41-24)26(35)51/h8-11,14-18H,6-7,12-13H2,1-5H3,(H2,35,51)(H,37,53)(H,38,54)(H,39,55)(H,40,50)(H,43,52). The minimum atomic E-state index is -0.732. The summed E-state index contributed by atoms with van der Waals surface area (Å²) in [6.07, 6.45) is 9.10. The lowest BCUT2D eigenvalue weighted by atomic mass is 9.98. The number of likely N-dealkylation sites (tertiary alicyclic amines) is 1. The highest BCUT2D eigenvalue weighted by Gasteiger charge is 2.37. The van der Waals surface area contributed by atoms with E-state index in [1.807, 2.05) is 0 Å². The Morgan fingerprint density at radius 1 is 0.679 bits per heavy atom. The Hall–Kier alpha value is -7.52. The molecular formula is C34H39N15O7. The number of nitrogens with zero attached hydrogens (tertiary/aromatic N) is 9. The zero-order valence-corrected chi connectivity index (χ0v) is 31.0. The molecule has 7 N–H and O–H groups in total. The molecule has 1 fully saturated rings. The molecule has 292 valence electrons. The van der Waals surface area contributed by atoms with Gasteiger partial charge in [0.15, 0.2) is 17.5 Å². The predicted octanol–water partition coefficient (Wildman–Crippen LogP) is -0.363. The van der Waals surface area contributed by atoms with E-state index >= 15 is 0 Å².